The van der Waals surface area contributed by atoms with Crippen LogP contribution in [0.15, 0.2) is 116 Å². The number of likely N-dealkylation sites (tertiary alicyclic amines) is 2. The van der Waals surface area contributed by atoms with Gasteiger partial charge in [0.15, 0.2) is 5.82 Å². The molecule has 13 nitrogen and oxygen atoms in total. The molecule has 2 fully saturated rings. The largest absolute Gasteiger partial charge is 0.391 e. The smallest absolute Gasteiger partial charge is 0.247 e. The Bertz CT molecular complexity index is 1920. The molecule has 5 aromatic rings. The average Bonchev–Trinajstić information content (AvgIpc) is 3.92. The number of nitrogens with one attached hydrogen (secondary N) is 2. The molecule has 2 aliphatic heterocycles. The highest BCUT2D eigenvalue weighted by atomic mass is 16.3. The molecule has 2 aliphatic rings. The van der Waals surface area contributed by atoms with Gasteiger partial charge in [-0.05, 0) is 59.7 Å². The Kier molecular flexibility index (Phi) is 10.4. The Morgan fingerprint density at radius 3 is 1.55 bits per heavy atom. The lowest BCUT2D eigenvalue weighted by atomic mass is 10.1. The molecule has 1 aromatic heterocycles. The second-order valence-electron chi connectivity index (χ2n) is 13.4. The van der Waals surface area contributed by atoms with E-state index in [9.17, 15) is 29.4 Å². The number of anilines is 2. The number of hydrogen-bond donors (Lipinski definition) is 4. The summed E-state index contributed by atoms with van der Waals surface area (Å²) in [5.41, 5.74) is 4.19. The van der Waals surface area contributed by atoms with Crippen molar-refractivity contribution in [2.75, 3.05) is 23.7 Å². The van der Waals surface area contributed by atoms with Gasteiger partial charge in [-0.25, -0.2) is 0 Å². The van der Waals surface area contributed by atoms with Gasteiger partial charge in [0.1, 0.15) is 18.4 Å². The maximum Gasteiger partial charge on any atom is 0.247 e. The first-order valence-electron chi connectivity index (χ1n) is 17.5. The normalized spacial score (nSPS) is 19.6. The molecule has 0 spiro atoms. The summed E-state index contributed by atoms with van der Waals surface area (Å²) in [7, 11) is 0. The zero-order valence-corrected chi connectivity index (χ0v) is 28.8. The number of rotatable bonds is 10. The van der Waals surface area contributed by atoms with Crippen molar-refractivity contribution in [1.82, 2.24) is 24.6 Å². The Labute approximate surface area is 305 Å². The highest BCUT2D eigenvalue weighted by Crippen LogP contribution is 2.26. The van der Waals surface area contributed by atoms with Gasteiger partial charge in [0.05, 0.1) is 25.0 Å². The van der Waals surface area contributed by atoms with Gasteiger partial charge in [-0.1, -0.05) is 60.7 Å². The van der Waals surface area contributed by atoms with Crippen LogP contribution in [0.5, 0.6) is 0 Å². The van der Waals surface area contributed by atoms with Crippen LogP contribution in [0, 0.1) is 0 Å². The molecule has 4 amide bonds. The Balaban J connectivity index is 0.972. The van der Waals surface area contributed by atoms with Crippen molar-refractivity contribution in [2.24, 2.45) is 0 Å². The number of carbonyl (C=O) groups excluding carboxylic acids is 4. The van der Waals surface area contributed by atoms with Crippen molar-refractivity contribution in [2.45, 2.75) is 50.0 Å². The number of aliphatic hydroxyl groups excluding tert-OH is 2. The molecule has 7 rings (SSSR count). The molecule has 53 heavy (non-hydrogen) atoms. The van der Waals surface area contributed by atoms with Gasteiger partial charge in [-0.3, -0.25) is 23.7 Å². The van der Waals surface area contributed by atoms with Crippen LogP contribution in [0.25, 0.3) is 17.1 Å². The summed E-state index contributed by atoms with van der Waals surface area (Å²) in [6.07, 6.45) is 0.620. The monoisotopic (exact) mass is 713 g/mol. The number of aromatic nitrogens is 3. The molecular formula is C40H39N7O6. The Morgan fingerprint density at radius 1 is 0.623 bits per heavy atom. The molecule has 13 heteroatoms. The van der Waals surface area contributed by atoms with Crippen LogP contribution in [-0.2, 0) is 32.0 Å². The number of β-amino-alcohol motifs (C(OH)–C–C–N with tert-alkyl or cyclic N) is 2. The highest BCUT2D eigenvalue weighted by molar-refractivity contribution is 5.99. The first-order chi connectivity index (χ1) is 25.7. The van der Waals surface area contributed by atoms with Crippen molar-refractivity contribution in [3.05, 3.63) is 127 Å². The van der Waals surface area contributed by atoms with Crippen molar-refractivity contribution < 1.29 is 29.4 Å². The highest BCUT2D eigenvalue weighted by Gasteiger charge is 2.40. The number of amides is 4. The first-order valence-corrected chi connectivity index (χ1v) is 17.5. The Morgan fingerprint density at radius 2 is 1.08 bits per heavy atom. The van der Waals surface area contributed by atoms with Crippen molar-refractivity contribution in [3.63, 3.8) is 0 Å². The summed E-state index contributed by atoms with van der Waals surface area (Å²) < 4.78 is 1.78. The van der Waals surface area contributed by atoms with E-state index in [1.54, 1.807) is 59.4 Å². The summed E-state index contributed by atoms with van der Waals surface area (Å²) in [5, 5.41) is 34.8. The fourth-order valence-electron chi connectivity index (χ4n) is 6.90. The van der Waals surface area contributed by atoms with Gasteiger partial charge in [0.25, 0.3) is 0 Å². The van der Waals surface area contributed by atoms with E-state index < -0.39 is 24.3 Å². The third kappa shape index (κ3) is 8.16. The minimum atomic E-state index is -0.789. The van der Waals surface area contributed by atoms with E-state index in [1.165, 1.54) is 9.80 Å². The van der Waals surface area contributed by atoms with Crippen LogP contribution in [0.2, 0.25) is 0 Å². The van der Waals surface area contributed by atoms with Crippen LogP contribution in [0.4, 0.5) is 11.4 Å². The number of nitrogens with zero attached hydrogens (tertiary/aromatic N) is 5. The zero-order chi connectivity index (χ0) is 36.9. The lowest BCUT2D eigenvalue weighted by Crippen LogP contribution is -2.43. The molecule has 2 saturated heterocycles. The zero-order valence-electron chi connectivity index (χ0n) is 28.8. The van der Waals surface area contributed by atoms with Crippen LogP contribution in [0.3, 0.4) is 0 Å². The maximum atomic E-state index is 13.3. The summed E-state index contributed by atoms with van der Waals surface area (Å²) >= 11 is 0. The second kappa shape index (κ2) is 15.6. The van der Waals surface area contributed by atoms with E-state index in [4.69, 9.17) is 0 Å². The van der Waals surface area contributed by atoms with Crippen LogP contribution in [-0.4, -0.2) is 95.8 Å². The molecule has 0 aliphatic carbocycles. The van der Waals surface area contributed by atoms with Gasteiger partial charge in [-0.2, -0.15) is 0 Å². The third-order valence-corrected chi connectivity index (χ3v) is 9.57. The topological polar surface area (TPSA) is 170 Å². The first kappa shape index (κ1) is 35.2. The minimum Gasteiger partial charge on any atom is -0.391 e. The van der Waals surface area contributed by atoms with Gasteiger partial charge in [0.2, 0.25) is 23.6 Å². The predicted octanol–water partition coefficient (Wildman–Crippen LogP) is 3.22. The van der Waals surface area contributed by atoms with E-state index in [2.05, 4.69) is 20.8 Å². The Hall–Kier alpha value is -6.18. The number of aliphatic hydroxyl groups is 2. The number of hydrogen-bond acceptors (Lipinski definition) is 8. The molecule has 0 radical (unpaired) electrons. The van der Waals surface area contributed by atoms with E-state index in [0.717, 1.165) is 22.4 Å². The molecule has 0 bridgehead atoms. The SMILES string of the molecule is O=C(Nc1ccc(-c2nncn2-c2ccc(NC(=O)[C@@H]3C[C@@H](O)CN3C(=O)Cc3ccccc3)cc2)cc1)[C@@H]1C[C@@H](O)CN1C(=O)Cc1ccccc1. The molecule has 0 saturated carbocycles. The van der Waals surface area contributed by atoms with Gasteiger partial charge >= 0.3 is 0 Å². The maximum absolute atomic E-state index is 13.3. The van der Waals surface area contributed by atoms with Crippen LogP contribution >= 0.6 is 0 Å². The van der Waals surface area contributed by atoms with Crippen molar-refractivity contribution in [1.29, 1.82) is 0 Å². The molecule has 270 valence electrons. The minimum absolute atomic E-state index is 0.102. The van der Waals surface area contributed by atoms with E-state index in [0.29, 0.717) is 17.2 Å². The molecule has 0 unspecified atom stereocenters. The summed E-state index contributed by atoms with van der Waals surface area (Å²) in [5.74, 6) is -0.636. The summed E-state index contributed by atoms with van der Waals surface area (Å²) in [6, 6.07) is 31.2. The fourth-order valence-corrected chi connectivity index (χ4v) is 6.90. The fraction of sp³-hybridized carbons (Fsp3) is 0.250. The van der Waals surface area contributed by atoms with E-state index in [-0.39, 0.29) is 62.4 Å². The van der Waals surface area contributed by atoms with Gasteiger partial charge in [0, 0.05) is 48.6 Å². The molecular weight excluding hydrogens is 674 g/mol. The lowest BCUT2D eigenvalue weighted by molar-refractivity contribution is -0.136. The van der Waals surface area contributed by atoms with Gasteiger partial charge < -0.3 is 30.6 Å². The quantitative estimate of drug-likeness (QED) is 0.171. The van der Waals surface area contributed by atoms with Crippen LogP contribution in [0.1, 0.15) is 24.0 Å². The number of carbonyl (C=O) groups is 4. The van der Waals surface area contributed by atoms with Crippen molar-refractivity contribution >= 4 is 35.0 Å². The van der Waals surface area contributed by atoms with E-state index >= 15 is 0 Å². The van der Waals surface area contributed by atoms with E-state index in [1.807, 2.05) is 60.7 Å². The van der Waals surface area contributed by atoms with Crippen molar-refractivity contribution in [3.8, 4) is 17.1 Å². The average molecular weight is 714 g/mol. The second-order valence-corrected chi connectivity index (χ2v) is 13.4. The molecule has 4 aromatic carbocycles. The molecule has 4 N–H and O–H groups in total. The van der Waals surface area contributed by atoms with Gasteiger partial charge in [-0.15, -0.1) is 10.2 Å². The number of benzene rings is 4. The van der Waals surface area contributed by atoms with Crippen LogP contribution < -0.4 is 10.6 Å². The lowest BCUT2D eigenvalue weighted by Gasteiger charge is -2.24. The third-order valence-electron chi connectivity index (χ3n) is 9.57. The predicted molar refractivity (Wildman–Crippen MR) is 197 cm³/mol. The summed E-state index contributed by atoms with van der Waals surface area (Å²) in [4.78, 5) is 55.6. The molecule has 4 atom stereocenters. The molecule has 3 heterocycles. The summed E-state index contributed by atoms with van der Waals surface area (Å²) in [6.45, 7) is 0.205. The standard InChI is InChI=1S/C40H39N7O6/c48-32-21-34(45(23-32)36(50)19-26-7-3-1-4-8-26)39(52)42-29-13-11-28(12-14-29)38-44-41-25-47(38)31-17-15-30(16-18-31)43-40(53)35-22-33(49)24-46(35)37(51)20-27-9-5-2-6-10-27/h1-18,25,32-35,48-49H,19-24H2,(H,42,52)(H,43,53)/t32-,33-,34+,35+/m1/s1.